The van der Waals surface area contributed by atoms with Gasteiger partial charge in [0.05, 0.1) is 6.07 Å². The summed E-state index contributed by atoms with van der Waals surface area (Å²) < 4.78 is 0. The Morgan fingerprint density at radius 2 is 2.21 bits per heavy atom. The third-order valence-electron chi connectivity index (χ3n) is 5.33. The minimum Gasteiger partial charge on any atom is -0.335 e. The summed E-state index contributed by atoms with van der Waals surface area (Å²) in [6.07, 6.45) is 2.89. The lowest BCUT2D eigenvalue weighted by Crippen LogP contribution is -2.51. The fourth-order valence-corrected chi connectivity index (χ4v) is 3.88. The molecule has 1 aliphatic heterocycles. The van der Waals surface area contributed by atoms with Gasteiger partial charge in [-0.1, -0.05) is 20.8 Å². The predicted molar refractivity (Wildman–Crippen MR) is 106 cm³/mol. The van der Waals surface area contributed by atoms with Crippen LogP contribution >= 0.6 is 0 Å². The molecular weight excluding hydrogens is 354 g/mol. The summed E-state index contributed by atoms with van der Waals surface area (Å²) in [7, 11) is 1.66. The zero-order valence-electron chi connectivity index (χ0n) is 16.8. The van der Waals surface area contributed by atoms with Crippen molar-refractivity contribution in [3.63, 3.8) is 0 Å². The van der Waals surface area contributed by atoms with E-state index < -0.39 is 12.1 Å². The van der Waals surface area contributed by atoms with Gasteiger partial charge in [-0.25, -0.2) is 4.98 Å². The molecule has 1 saturated heterocycles. The van der Waals surface area contributed by atoms with Gasteiger partial charge in [0.15, 0.2) is 0 Å². The number of likely N-dealkylation sites (N-methyl/N-ethyl adjacent to an activating group) is 1. The van der Waals surface area contributed by atoms with Crippen LogP contribution in [-0.2, 0) is 4.79 Å². The number of carbonyl (C=O) groups excluding carboxylic acids is 2. The molecule has 2 amide bonds. The molecule has 28 heavy (non-hydrogen) atoms. The Kier molecular flexibility index (Phi) is 5.68. The van der Waals surface area contributed by atoms with Crippen LogP contribution < -0.4 is 0 Å². The lowest BCUT2D eigenvalue weighted by atomic mass is 10.0. The molecule has 3 atom stereocenters. The fraction of sp³-hybridized carbons (Fsp3) is 0.524. The van der Waals surface area contributed by atoms with E-state index in [9.17, 15) is 14.9 Å². The van der Waals surface area contributed by atoms with Gasteiger partial charge >= 0.3 is 0 Å². The molecule has 3 unspecified atom stereocenters. The van der Waals surface area contributed by atoms with Crippen molar-refractivity contribution < 1.29 is 9.59 Å². The van der Waals surface area contributed by atoms with Gasteiger partial charge in [0.1, 0.15) is 23.4 Å². The standard InChI is InChI=1S/C21H27N5O2/c1-13(2)8-18(21(28)26-12-14(3)9-16(26)11-22)25(4)20(27)17-10-15-6-5-7-23-19(15)24-17/h5-7,10,13-14,16,18H,8-9,12H2,1-4H3,(H,23,24). The number of aromatic amines is 1. The van der Waals surface area contributed by atoms with Crippen molar-refractivity contribution in [1.82, 2.24) is 19.8 Å². The number of amides is 2. The van der Waals surface area contributed by atoms with Crippen LogP contribution in [0.1, 0.15) is 44.1 Å². The van der Waals surface area contributed by atoms with E-state index in [1.807, 2.05) is 32.9 Å². The molecule has 1 aliphatic rings. The highest BCUT2D eigenvalue weighted by atomic mass is 16.2. The number of likely N-dealkylation sites (tertiary alicyclic amines) is 1. The number of nitriles is 1. The van der Waals surface area contributed by atoms with Crippen molar-refractivity contribution in [2.24, 2.45) is 11.8 Å². The molecule has 0 saturated carbocycles. The van der Waals surface area contributed by atoms with E-state index >= 15 is 0 Å². The number of rotatable bonds is 5. The molecule has 3 rings (SSSR count). The third-order valence-corrected chi connectivity index (χ3v) is 5.33. The first-order valence-electron chi connectivity index (χ1n) is 9.72. The topological polar surface area (TPSA) is 93.1 Å². The molecule has 2 aromatic heterocycles. The quantitative estimate of drug-likeness (QED) is 0.862. The number of hydrogen-bond donors (Lipinski definition) is 1. The van der Waals surface area contributed by atoms with E-state index in [1.165, 1.54) is 4.90 Å². The molecule has 0 spiro atoms. The van der Waals surface area contributed by atoms with Crippen LogP contribution in [0.15, 0.2) is 24.4 Å². The Morgan fingerprint density at radius 3 is 2.86 bits per heavy atom. The van der Waals surface area contributed by atoms with Crippen LogP contribution in [0.4, 0.5) is 0 Å². The first kappa shape index (κ1) is 19.9. The molecule has 2 aromatic rings. The van der Waals surface area contributed by atoms with E-state index in [0.29, 0.717) is 30.7 Å². The van der Waals surface area contributed by atoms with Crippen molar-refractivity contribution in [2.75, 3.05) is 13.6 Å². The first-order valence-corrected chi connectivity index (χ1v) is 9.72. The lowest BCUT2D eigenvalue weighted by Gasteiger charge is -2.32. The second kappa shape index (κ2) is 8.01. The minimum atomic E-state index is -0.604. The summed E-state index contributed by atoms with van der Waals surface area (Å²) in [5.41, 5.74) is 1.05. The summed E-state index contributed by atoms with van der Waals surface area (Å²) >= 11 is 0. The smallest absolute Gasteiger partial charge is 0.270 e. The van der Waals surface area contributed by atoms with Crippen LogP contribution in [0, 0.1) is 23.2 Å². The van der Waals surface area contributed by atoms with Crippen LogP contribution in [0.5, 0.6) is 0 Å². The number of fused-ring (bicyclic) bond motifs is 1. The Morgan fingerprint density at radius 1 is 1.46 bits per heavy atom. The first-order chi connectivity index (χ1) is 13.3. The summed E-state index contributed by atoms with van der Waals surface area (Å²) in [4.78, 5) is 36.8. The normalized spacial score (nSPS) is 20.4. The zero-order valence-corrected chi connectivity index (χ0v) is 16.8. The Balaban J connectivity index is 1.86. The van der Waals surface area contributed by atoms with E-state index in [-0.39, 0.29) is 23.7 Å². The molecule has 1 N–H and O–H groups in total. The maximum atomic E-state index is 13.3. The second-order valence-electron chi connectivity index (χ2n) is 8.16. The van der Waals surface area contributed by atoms with Gasteiger partial charge < -0.3 is 14.8 Å². The highest BCUT2D eigenvalue weighted by molar-refractivity contribution is 5.99. The van der Waals surface area contributed by atoms with E-state index in [4.69, 9.17) is 0 Å². The van der Waals surface area contributed by atoms with E-state index in [2.05, 4.69) is 16.0 Å². The Bertz CT molecular complexity index is 880. The largest absolute Gasteiger partial charge is 0.335 e. The number of aromatic nitrogens is 2. The van der Waals surface area contributed by atoms with Crippen molar-refractivity contribution in [3.05, 3.63) is 30.1 Å². The van der Waals surface area contributed by atoms with E-state index in [0.717, 1.165) is 5.39 Å². The average molecular weight is 381 g/mol. The van der Waals surface area contributed by atoms with Gasteiger partial charge in [0, 0.05) is 25.2 Å². The number of H-pyrrole nitrogens is 1. The number of hydrogen-bond acceptors (Lipinski definition) is 4. The third kappa shape index (κ3) is 3.86. The zero-order chi connectivity index (χ0) is 20.4. The Labute approximate surface area is 165 Å². The fourth-order valence-electron chi connectivity index (χ4n) is 3.88. The van der Waals surface area contributed by atoms with Gasteiger partial charge in [-0.2, -0.15) is 5.26 Å². The molecular formula is C21H27N5O2. The van der Waals surface area contributed by atoms with Crippen LogP contribution in [0.2, 0.25) is 0 Å². The van der Waals surface area contributed by atoms with Gasteiger partial charge in [-0.15, -0.1) is 0 Å². The molecule has 0 bridgehead atoms. The highest BCUT2D eigenvalue weighted by Crippen LogP contribution is 2.26. The maximum absolute atomic E-state index is 13.3. The summed E-state index contributed by atoms with van der Waals surface area (Å²) in [5, 5.41) is 10.3. The van der Waals surface area contributed by atoms with E-state index in [1.54, 1.807) is 24.2 Å². The molecule has 7 heteroatoms. The predicted octanol–water partition coefficient (Wildman–Crippen LogP) is 2.81. The average Bonchev–Trinajstić information content (AvgIpc) is 3.27. The maximum Gasteiger partial charge on any atom is 0.270 e. The molecule has 0 aliphatic carbocycles. The summed E-state index contributed by atoms with van der Waals surface area (Å²) in [6, 6.07) is 6.67. The SMILES string of the molecule is CC(C)CC(C(=O)N1CC(C)CC1C#N)N(C)C(=O)c1cc2cccnc2[nH]1. The van der Waals surface area contributed by atoms with Gasteiger partial charge in [0.2, 0.25) is 5.91 Å². The molecule has 0 aromatic carbocycles. The molecule has 0 radical (unpaired) electrons. The number of carbonyl (C=O) groups is 2. The van der Waals surface area contributed by atoms with Crippen LogP contribution in [0.3, 0.4) is 0 Å². The van der Waals surface area contributed by atoms with Crippen molar-refractivity contribution in [1.29, 1.82) is 5.26 Å². The Hall–Kier alpha value is -2.88. The minimum absolute atomic E-state index is 0.144. The summed E-state index contributed by atoms with van der Waals surface area (Å²) in [6.45, 7) is 6.66. The monoisotopic (exact) mass is 381 g/mol. The molecule has 1 fully saturated rings. The van der Waals surface area contributed by atoms with Gasteiger partial charge in [-0.05, 0) is 42.9 Å². The number of pyridine rings is 1. The van der Waals surface area contributed by atoms with Crippen molar-refractivity contribution >= 4 is 22.8 Å². The molecule has 3 heterocycles. The number of nitrogens with zero attached hydrogens (tertiary/aromatic N) is 4. The van der Waals surface area contributed by atoms with Crippen molar-refractivity contribution in [3.8, 4) is 6.07 Å². The van der Waals surface area contributed by atoms with Gasteiger partial charge in [0.25, 0.3) is 5.91 Å². The highest BCUT2D eigenvalue weighted by Gasteiger charge is 2.39. The van der Waals surface area contributed by atoms with Gasteiger partial charge in [-0.3, -0.25) is 9.59 Å². The molecule has 7 nitrogen and oxygen atoms in total. The van der Waals surface area contributed by atoms with Crippen LogP contribution in [0.25, 0.3) is 11.0 Å². The summed E-state index contributed by atoms with van der Waals surface area (Å²) in [5.74, 6) is 0.121. The lowest BCUT2D eigenvalue weighted by molar-refractivity contribution is -0.136. The van der Waals surface area contributed by atoms with Crippen LogP contribution in [-0.4, -0.2) is 57.3 Å². The second-order valence-corrected chi connectivity index (χ2v) is 8.16. The van der Waals surface area contributed by atoms with Crippen molar-refractivity contribution in [2.45, 2.75) is 45.7 Å². The molecule has 148 valence electrons. The number of nitrogens with one attached hydrogen (secondary N) is 1.